The Hall–Kier alpha value is -1.65. The van der Waals surface area contributed by atoms with Crippen LogP contribution in [0.4, 0.5) is 5.82 Å². The van der Waals surface area contributed by atoms with Crippen LogP contribution in [0.15, 0.2) is 12.7 Å². The van der Waals surface area contributed by atoms with E-state index in [9.17, 15) is 0 Å². The van der Waals surface area contributed by atoms with E-state index in [1.807, 2.05) is 4.57 Å². The van der Waals surface area contributed by atoms with E-state index in [0.717, 1.165) is 5.65 Å². The molecule has 5 nitrogen and oxygen atoms in total. The summed E-state index contributed by atoms with van der Waals surface area (Å²) >= 11 is 0. The van der Waals surface area contributed by atoms with Gasteiger partial charge in [0.2, 0.25) is 0 Å². The largest absolute Gasteiger partial charge is 0.382 e. The molecule has 0 saturated heterocycles. The predicted molar refractivity (Wildman–Crippen MR) is 63.9 cm³/mol. The van der Waals surface area contributed by atoms with Crippen LogP contribution in [0.25, 0.3) is 11.2 Å². The van der Waals surface area contributed by atoms with Gasteiger partial charge in [0.25, 0.3) is 0 Å². The third-order valence-electron chi connectivity index (χ3n) is 3.06. The van der Waals surface area contributed by atoms with E-state index >= 15 is 0 Å². The Morgan fingerprint density at radius 2 is 1.94 bits per heavy atom. The van der Waals surface area contributed by atoms with Gasteiger partial charge in [-0.05, 0) is 12.3 Å². The van der Waals surface area contributed by atoms with E-state index < -0.39 is 0 Å². The Kier molecular flexibility index (Phi) is 2.33. The van der Waals surface area contributed by atoms with Crippen molar-refractivity contribution in [3.05, 3.63) is 12.7 Å². The minimum atomic E-state index is 0.146. The molecule has 2 N–H and O–H groups in total. The lowest BCUT2D eigenvalue weighted by atomic mass is 9.88. The molecule has 1 atom stereocenters. The average Bonchev–Trinajstić information content (AvgIpc) is 2.60. The first-order chi connectivity index (χ1) is 7.41. The number of nitrogens with zero attached hydrogens (tertiary/aromatic N) is 4. The molecule has 0 radical (unpaired) electrons. The maximum atomic E-state index is 5.75. The monoisotopic (exact) mass is 219 g/mol. The molecular weight excluding hydrogens is 202 g/mol. The van der Waals surface area contributed by atoms with Crippen molar-refractivity contribution in [2.75, 3.05) is 5.73 Å². The van der Waals surface area contributed by atoms with Gasteiger partial charge in [0.15, 0.2) is 11.5 Å². The van der Waals surface area contributed by atoms with Gasteiger partial charge in [-0.25, -0.2) is 15.0 Å². The number of nitrogen functional groups attached to an aromatic ring is 1. The number of nitrogens with two attached hydrogens (primary N) is 1. The second kappa shape index (κ2) is 3.43. The quantitative estimate of drug-likeness (QED) is 0.796. The van der Waals surface area contributed by atoms with Crippen LogP contribution in [-0.4, -0.2) is 19.5 Å². The van der Waals surface area contributed by atoms with Crippen LogP contribution in [0, 0.1) is 5.41 Å². The highest BCUT2D eigenvalue weighted by Gasteiger charge is 2.23. The highest BCUT2D eigenvalue weighted by molar-refractivity contribution is 5.81. The molecule has 2 heterocycles. The summed E-state index contributed by atoms with van der Waals surface area (Å²) in [6.45, 7) is 8.72. The van der Waals surface area contributed by atoms with Gasteiger partial charge in [-0.1, -0.05) is 20.8 Å². The molecule has 16 heavy (non-hydrogen) atoms. The zero-order valence-electron chi connectivity index (χ0n) is 10.1. The van der Waals surface area contributed by atoms with Crippen molar-refractivity contribution in [2.24, 2.45) is 5.41 Å². The molecule has 0 aliphatic heterocycles. The van der Waals surface area contributed by atoms with Crippen molar-refractivity contribution in [3.8, 4) is 0 Å². The lowest BCUT2D eigenvalue weighted by Gasteiger charge is -2.28. The predicted octanol–water partition coefficient (Wildman–Crippen LogP) is 2.02. The average molecular weight is 219 g/mol. The Morgan fingerprint density at radius 1 is 1.25 bits per heavy atom. The van der Waals surface area contributed by atoms with Crippen LogP contribution in [-0.2, 0) is 0 Å². The number of rotatable bonds is 1. The van der Waals surface area contributed by atoms with Gasteiger partial charge in [-0.2, -0.15) is 0 Å². The van der Waals surface area contributed by atoms with Crippen molar-refractivity contribution in [3.63, 3.8) is 0 Å². The van der Waals surface area contributed by atoms with Gasteiger partial charge in [-0.3, -0.25) is 0 Å². The summed E-state index contributed by atoms with van der Waals surface area (Å²) in [5, 5.41) is 0. The Bertz CT molecular complexity index is 509. The molecule has 86 valence electrons. The smallest absolute Gasteiger partial charge is 0.165 e. The number of hydrogen-bond donors (Lipinski definition) is 1. The van der Waals surface area contributed by atoms with Gasteiger partial charge >= 0.3 is 0 Å². The van der Waals surface area contributed by atoms with Gasteiger partial charge in [0.1, 0.15) is 11.8 Å². The normalized spacial score (nSPS) is 14.2. The molecule has 0 bridgehead atoms. The third kappa shape index (κ3) is 1.62. The first-order valence-corrected chi connectivity index (χ1v) is 5.34. The maximum Gasteiger partial charge on any atom is 0.165 e. The van der Waals surface area contributed by atoms with Crippen LogP contribution < -0.4 is 5.73 Å². The molecule has 1 unspecified atom stereocenters. The van der Waals surface area contributed by atoms with Gasteiger partial charge in [0, 0.05) is 6.04 Å². The molecule has 5 heteroatoms. The summed E-state index contributed by atoms with van der Waals surface area (Å²) in [6, 6.07) is 0.298. The molecular formula is C11H17N5. The lowest BCUT2D eigenvalue weighted by Crippen LogP contribution is -2.21. The molecule has 2 rings (SSSR count). The number of anilines is 1. The van der Waals surface area contributed by atoms with Crippen molar-refractivity contribution in [1.29, 1.82) is 0 Å². The Morgan fingerprint density at radius 3 is 2.56 bits per heavy atom. The summed E-state index contributed by atoms with van der Waals surface area (Å²) in [6.07, 6.45) is 3.26. The zero-order valence-corrected chi connectivity index (χ0v) is 10.1. The number of fused-ring (bicyclic) bond motifs is 1. The van der Waals surface area contributed by atoms with Crippen LogP contribution in [0.1, 0.15) is 33.7 Å². The standard InChI is InChI=1S/C11H17N5/c1-7(11(2,3)4)16-6-15-8-9(12)13-5-14-10(8)16/h5-7H,1-4H3,(H2,12,13,14). The molecule has 0 aliphatic carbocycles. The van der Waals surface area contributed by atoms with Crippen molar-refractivity contribution in [1.82, 2.24) is 19.5 Å². The summed E-state index contributed by atoms with van der Waals surface area (Å²) in [4.78, 5) is 12.4. The van der Waals surface area contributed by atoms with Crippen molar-refractivity contribution >= 4 is 17.0 Å². The van der Waals surface area contributed by atoms with E-state index in [4.69, 9.17) is 5.73 Å². The van der Waals surface area contributed by atoms with E-state index in [0.29, 0.717) is 17.4 Å². The number of aromatic nitrogens is 4. The fraction of sp³-hybridized carbons (Fsp3) is 0.545. The third-order valence-corrected chi connectivity index (χ3v) is 3.06. The van der Waals surface area contributed by atoms with Crippen LogP contribution in [0.5, 0.6) is 0 Å². The zero-order chi connectivity index (χ0) is 11.9. The van der Waals surface area contributed by atoms with Crippen molar-refractivity contribution < 1.29 is 0 Å². The van der Waals surface area contributed by atoms with Gasteiger partial charge in [0.05, 0.1) is 6.33 Å². The SMILES string of the molecule is CC(n1cnc2c(N)ncnc21)C(C)(C)C. The lowest BCUT2D eigenvalue weighted by molar-refractivity contribution is 0.266. The van der Waals surface area contributed by atoms with E-state index in [2.05, 4.69) is 42.6 Å². The van der Waals surface area contributed by atoms with E-state index in [1.165, 1.54) is 6.33 Å². The van der Waals surface area contributed by atoms with Gasteiger partial charge < -0.3 is 10.3 Å². The first-order valence-electron chi connectivity index (χ1n) is 5.34. The molecule has 0 aromatic carbocycles. The topological polar surface area (TPSA) is 69.6 Å². The highest BCUT2D eigenvalue weighted by Crippen LogP contribution is 2.32. The first kappa shape index (κ1) is 10.9. The molecule has 2 aromatic rings. The summed E-state index contributed by atoms with van der Waals surface area (Å²) in [5.41, 5.74) is 7.38. The molecule has 2 aromatic heterocycles. The van der Waals surface area contributed by atoms with Crippen molar-refractivity contribution in [2.45, 2.75) is 33.7 Å². The van der Waals surface area contributed by atoms with E-state index in [-0.39, 0.29) is 5.41 Å². The molecule has 0 fully saturated rings. The molecule has 0 spiro atoms. The van der Waals surface area contributed by atoms with Crippen LogP contribution >= 0.6 is 0 Å². The van der Waals surface area contributed by atoms with Crippen LogP contribution in [0.2, 0.25) is 0 Å². The van der Waals surface area contributed by atoms with E-state index in [1.54, 1.807) is 6.33 Å². The maximum absolute atomic E-state index is 5.75. The van der Waals surface area contributed by atoms with Crippen LogP contribution in [0.3, 0.4) is 0 Å². The number of hydrogen-bond acceptors (Lipinski definition) is 4. The van der Waals surface area contributed by atoms with Gasteiger partial charge in [-0.15, -0.1) is 0 Å². The highest BCUT2D eigenvalue weighted by atomic mass is 15.1. The fourth-order valence-electron chi connectivity index (χ4n) is 1.57. The summed E-state index contributed by atoms with van der Waals surface area (Å²) in [7, 11) is 0. The minimum absolute atomic E-state index is 0.146. The summed E-state index contributed by atoms with van der Waals surface area (Å²) in [5.74, 6) is 0.435. The molecule has 0 saturated carbocycles. The fourth-order valence-corrected chi connectivity index (χ4v) is 1.57. The molecule has 0 aliphatic rings. The second-order valence-corrected chi connectivity index (χ2v) is 5.12. The minimum Gasteiger partial charge on any atom is -0.382 e. The molecule has 0 amide bonds. The Balaban J connectivity index is 2.59. The second-order valence-electron chi connectivity index (χ2n) is 5.12. The number of imidazole rings is 1. The Labute approximate surface area is 94.7 Å². The summed E-state index contributed by atoms with van der Waals surface area (Å²) < 4.78 is 2.05.